The minimum atomic E-state index is -0.844. The van der Waals surface area contributed by atoms with E-state index >= 15 is 0 Å². The SMILES string of the molecule is C/C(O)=C\C1(C)Oc2ccc(Cl)cc2C2CC(c3cccs3)=NN21. The molecule has 2 atom stereocenters. The van der Waals surface area contributed by atoms with Gasteiger partial charge in [-0.25, -0.2) is 5.01 Å². The van der Waals surface area contributed by atoms with Gasteiger partial charge in [0.1, 0.15) is 5.75 Å². The Bertz CT molecular complexity index is 843. The number of hydrogen-bond donors (Lipinski definition) is 1. The van der Waals surface area contributed by atoms with Gasteiger partial charge < -0.3 is 9.84 Å². The molecule has 3 heterocycles. The molecule has 0 spiro atoms. The zero-order valence-corrected chi connectivity index (χ0v) is 14.9. The molecule has 1 aromatic carbocycles. The van der Waals surface area contributed by atoms with Crippen LogP contribution < -0.4 is 4.74 Å². The van der Waals surface area contributed by atoms with E-state index < -0.39 is 5.72 Å². The predicted octanol–water partition coefficient (Wildman–Crippen LogP) is 5.12. The van der Waals surface area contributed by atoms with E-state index in [9.17, 15) is 5.11 Å². The summed E-state index contributed by atoms with van der Waals surface area (Å²) in [6.45, 7) is 3.55. The first-order chi connectivity index (χ1) is 11.5. The number of hydrazone groups is 1. The number of aliphatic hydroxyl groups is 1. The maximum absolute atomic E-state index is 9.82. The van der Waals surface area contributed by atoms with Crippen LogP contribution in [0.4, 0.5) is 0 Å². The van der Waals surface area contributed by atoms with Crippen LogP contribution >= 0.6 is 22.9 Å². The number of ether oxygens (including phenoxy) is 1. The average Bonchev–Trinajstić information content (AvgIpc) is 3.16. The lowest BCUT2D eigenvalue weighted by Gasteiger charge is -2.44. The lowest BCUT2D eigenvalue weighted by molar-refractivity contribution is -0.0697. The Morgan fingerprint density at radius 3 is 3.04 bits per heavy atom. The Morgan fingerprint density at radius 1 is 1.50 bits per heavy atom. The van der Waals surface area contributed by atoms with Gasteiger partial charge in [0.05, 0.1) is 22.4 Å². The van der Waals surface area contributed by atoms with Gasteiger partial charge >= 0.3 is 0 Å². The smallest absolute Gasteiger partial charge is 0.218 e. The van der Waals surface area contributed by atoms with E-state index in [0.29, 0.717) is 5.02 Å². The second-order valence-electron chi connectivity index (χ2n) is 6.21. The third-order valence-corrected chi connectivity index (χ3v) is 5.45. The maximum Gasteiger partial charge on any atom is 0.218 e. The monoisotopic (exact) mass is 360 g/mol. The van der Waals surface area contributed by atoms with Crippen LogP contribution in [0.3, 0.4) is 0 Å². The molecule has 124 valence electrons. The van der Waals surface area contributed by atoms with Crippen LogP contribution in [-0.4, -0.2) is 21.6 Å². The Kier molecular flexibility index (Phi) is 3.58. The third-order valence-electron chi connectivity index (χ3n) is 4.29. The Labute approximate surface area is 149 Å². The largest absolute Gasteiger partial charge is 0.513 e. The molecule has 1 aromatic heterocycles. The van der Waals surface area contributed by atoms with Crippen molar-refractivity contribution in [2.24, 2.45) is 5.10 Å². The minimum absolute atomic E-state index is 0.0325. The quantitative estimate of drug-likeness (QED) is 0.756. The Hall–Kier alpha value is -1.98. The van der Waals surface area contributed by atoms with E-state index in [0.717, 1.165) is 28.3 Å². The van der Waals surface area contributed by atoms with Gasteiger partial charge in [0, 0.05) is 30.0 Å². The van der Waals surface area contributed by atoms with Crippen LogP contribution in [0, 0.1) is 0 Å². The lowest BCUT2D eigenvalue weighted by atomic mass is 9.96. The number of halogens is 1. The highest BCUT2D eigenvalue weighted by Gasteiger charge is 2.47. The fourth-order valence-electron chi connectivity index (χ4n) is 3.38. The van der Waals surface area contributed by atoms with Gasteiger partial charge in [-0.3, -0.25) is 0 Å². The fraction of sp³-hybridized carbons (Fsp3) is 0.278. The molecule has 0 saturated carbocycles. The second kappa shape index (κ2) is 5.53. The number of thiophene rings is 1. The van der Waals surface area contributed by atoms with Crippen molar-refractivity contribution in [3.63, 3.8) is 0 Å². The van der Waals surface area contributed by atoms with Crippen molar-refractivity contribution >= 4 is 28.6 Å². The van der Waals surface area contributed by atoms with Gasteiger partial charge in [-0.1, -0.05) is 17.7 Å². The van der Waals surface area contributed by atoms with Crippen molar-refractivity contribution in [3.8, 4) is 5.75 Å². The topological polar surface area (TPSA) is 45.1 Å². The second-order valence-corrected chi connectivity index (χ2v) is 7.60. The number of hydrogen-bond acceptors (Lipinski definition) is 5. The molecule has 4 nitrogen and oxygen atoms in total. The van der Waals surface area contributed by atoms with Crippen LogP contribution in [0.5, 0.6) is 5.75 Å². The number of allylic oxidation sites excluding steroid dienone is 1. The number of fused-ring (bicyclic) bond motifs is 3. The van der Waals surface area contributed by atoms with E-state index in [1.165, 1.54) is 0 Å². The van der Waals surface area contributed by atoms with Crippen LogP contribution in [-0.2, 0) is 0 Å². The van der Waals surface area contributed by atoms with Crippen LogP contribution in [0.1, 0.15) is 36.8 Å². The number of aliphatic hydroxyl groups excluding tert-OH is 1. The molecule has 0 radical (unpaired) electrons. The van der Waals surface area contributed by atoms with Gasteiger partial charge in [0.2, 0.25) is 5.72 Å². The molecule has 0 fully saturated rings. The summed E-state index contributed by atoms with van der Waals surface area (Å²) in [5.41, 5.74) is 1.21. The van der Waals surface area contributed by atoms with Crippen LogP contribution in [0.15, 0.2) is 52.6 Å². The van der Waals surface area contributed by atoms with Crippen molar-refractivity contribution < 1.29 is 9.84 Å². The molecular formula is C18H17ClN2O2S. The molecular weight excluding hydrogens is 344 g/mol. The summed E-state index contributed by atoms with van der Waals surface area (Å²) in [6, 6.07) is 9.78. The summed E-state index contributed by atoms with van der Waals surface area (Å²) >= 11 is 7.87. The standard InChI is InChI=1S/C18H17ClN2O2S/c1-11(22)10-18(2)21-15(9-14(20-21)17-4-3-7-24-17)13-8-12(19)5-6-16(13)23-18/h3-8,10,15,22H,9H2,1-2H3/b11-10+. The van der Waals surface area contributed by atoms with Gasteiger partial charge in [-0.05, 0) is 36.6 Å². The van der Waals surface area contributed by atoms with E-state index in [4.69, 9.17) is 21.4 Å². The molecule has 2 aromatic rings. The molecule has 0 aliphatic carbocycles. The molecule has 0 amide bonds. The predicted molar refractivity (Wildman–Crippen MR) is 96.9 cm³/mol. The van der Waals surface area contributed by atoms with Crippen LogP contribution in [0.25, 0.3) is 0 Å². The van der Waals surface area contributed by atoms with Gasteiger partial charge in [-0.2, -0.15) is 5.10 Å². The summed E-state index contributed by atoms with van der Waals surface area (Å²) in [5, 5.41) is 19.3. The maximum atomic E-state index is 9.82. The van der Waals surface area contributed by atoms with Crippen molar-refractivity contribution in [2.45, 2.75) is 32.0 Å². The molecule has 0 saturated heterocycles. The molecule has 2 aliphatic rings. The highest BCUT2D eigenvalue weighted by Crippen LogP contribution is 2.48. The Morgan fingerprint density at radius 2 is 2.33 bits per heavy atom. The summed E-state index contributed by atoms with van der Waals surface area (Å²) < 4.78 is 6.19. The third kappa shape index (κ3) is 2.48. The fourth-order valence-corrected chi connectivity index (χ4v) is 4.28. The summed E-state index contributed by atoms with van der Waals surface area (Å²) in [7, 11) is 0. The highest BCUT2D eigenvalue weighted by molar-refractivity contribution is 7.12. The number of nitrogens with zero attached hydrogens (tertiary/aromatic N) is 2. The summed E-state index contributed by atoms with van der Waals surface area (Å²) in [6.07, 6.45) is 2.48. The first-order valence-electron chi connectivity index (χ1n) is 7.74. The van der Waals surface area contributed by atoms with E-state index in [1.54, 1.807) is 24.3 Å². The average molecular weight is 361 g/mol. The lowest BCUT2D eigenvalue weighted by Crippen LogP contribution is -2.50. The normalized spacial score (nSPS) is 25.8. The first-order valence-corrected chi connectivity index (χ1v) is 8.99. The molecule has 4 rings (SSSR count). The van der Waals surface area contributed by atoms with Crippen molar-refractivity contribution in [2.75, 3.05) is 0 Å². The summed E-state index contributed by atoms with van der Waals surface area (Å²) in [5.74, 6) is 0.983. The molecule has 2 aliphatic heterocycles. The molecule has 1 N–H and O–H groups in total. The molecule has 2 unspecified atom stereocenters. The van der Waals surface area contributed by atoms with Crippen molar-refractivity contribution in [3.05, 3.63) is 63.0 Å². The van der Waals surface area contributed by atoms with Crippen molar-refractivity contribution in [1.82, 2.24) is 5.01 Å². The first kappa shape index (κ1) is 15.5. The van der Waals surface area contributed by atoms with Crippen molar-refractivity contribution in [1.29, 1.82) is 0 Å². The Balaban J connectivity index is 1.84. The highest BCUT2D eigenvalue weighted by atomic mass is 35.5. The minimum Gasteiger partial charge on any atom is -0.513 e. The number of benzene rings is 1. The molecule has 24 heavy (non-hydrogen) atoms. The zero-order valence-electron chi connectivity index (χ0n) is 13.4. The van der Waals surface area contributed by atoms with Gasteiger partial charge in [0.25, 0.3) is 0 Å². The summed E-state index contributed by atoms with van der Waals surface area (Å²) in [4.78, 5) is 1.15. The van der Waals surface area contributed by atoms with Crippen LogP contribution in [0.2, 0.25) is 5.02 Å². The molecule has 0 bridgehead atoms. The number of rotatable bonds is 2. The van der Waals surface area contributed by atoms with E-state index in [2.05, 4.69) is 6.07 Å². The zero-order chi connectivity index (χ0) is 16.9. The van der Waals surface area contributed by atoms with E-state index in [1.807, 2.05) is 41.6 Å². The van der Waals surface area contributed by atoms with Gasteiger partial charge in [0.15, 0.2) is 0 Å². The molecule has 6 heteroatoms. The van der Waals surface area contributed by atoms with E-state index in [-0.39, 0.29) is 11.8 Å². The van der Waals surface area contributed by atoms with Gasteiger partial charge in [-0.15, -0.1) is 11.3 Å².